The van der Waals surface area contributed by atoms with Crippen molar-refractivity contribution in [3.8, 4) is 5.75 Å². The zero-order valence-electron chi connectivity index (χ0n) is 8.03. The lowest BCUT2D eigenvalue weighted by Crippen LogP contribution is -1.94. The van der Waals surface area contributed by atoms with Crippen LogP contribution in [0.4, 0.5) is 4.39 Å². The lowest BCUT2D eigenvalue weighted by molar-refractivity contribution is 0.112. The molecule has 2 rings (SSSR count). The Labute approximate surface area is 85.5 Å². The van der Waals surface area contributed by atoms with Crippen LogP contribution in [0.15, 0.2) is 24.4 Å². The highest BCUT2D eigenvalue weighted by Crippen LogP contribution is 2.27. The Balaban J connectivity index is 2.82. The minimum absolute atomic E-state index is 0.358. The number of methoxy groups -OCH3 is 1. The minimum Gasteiger partial charge on any atom is -0.495 e. The molecule has 0 radical (unpaired) electrons. The standard InChI is InChI=1S/C11H8FNO2/c1-15-11-7(6-14)5-13-10-4-8(12)2-3-9(10)11/h2-6H,1H3. The summed E-state index contributed by atoms with van der Waals surface area (Å²) in [6.07, 6.45) is 2.03. The van der Waals surface area contributed by atoms with Gasteiger partial charge in [0.1, 0.15) is 11.6 Å². The molecule has 0 bridgehead atoms. The fraction of sp³-hybridized carbons (Fsp3) is 0.0909. The van der Waals surface area contributed by atoms with E-state index >= 15 is 0 Å². The number of nitrogens with zero attached hydrogens (tertiary/aromatic N) is 1. The largest absolute Gasteiger partial charge is 0.495 e. The van der Waals surface area contributed by atoms with E-state index < -0.39 is 0 Å². The third-order valence-electron chi connectivity index (χ3n) is 2.14. The molecule has 1 aromatic carbocycles. The molecule has 0 aliphatic heterocycles. The molecule has 1 heterocycles. The Morgan fingerprint density at radius 1 is 1.47 bits per heavy atom. The second-order valence-corrected chi connectivity index (χ2v) is 3.03. The molecule has 0 N–H and O–H groups in total. The average Bonchev–Trinajstić information content (AvgIpc) is 2.27. The van der Waals surface area contributed by atoms with Gasteiger partial charge in [0, 0.05) is 17.6 Å². The molecule has 76 valence electrons. The van der Waals surface area contributed by atoms with Crippen LogP contribution in [0.25, 0.3) is 10.9 Å². The third-order valence-corrected chi connectivity index (χ3v) is 2.14. The van der Waals surface area contributed by atoms with Crippen molar-refractivity contribution in [3.63, 3.8) is 0 Å². The first-order chi connectivity index (χ1) is 7.26. The number of rotatable bonds is 2. The molecule has 2 aromatic rings. The van der Waals surface area contributed by atoms with Crippen molar-refractivity contribution in [2.75, 3.05) is 7.11 Å². The Morgan fingerprint density at radius 2 is 2.27 bits per heavy atom. The van der Waals surface area contributed by atoms with Crippen LogP contribution in [0.2, 0.25) is 0 Å². The number of halogens is 1. The Bertz CT molecular complexity index is 525. The first kappa shape index (κ1) is 9.58. The van der Waals surface area contributed by atoms with Gasteiger partial charge < -0.3 is 4.74 Å². The van der Waals surface area contributed by atoms with E-state index in [4.69, 9.17) is 4.74 Å². The van der Waals surface area contributed by atoms with E-state index in [2.05, 4.69) is 4.98 Å². The number of hydrogen-bond donors (Lipinski definition) is 0. The first-order valence-corrected chi connectivity index (χ1v) is 4.33. The Hall–Kier alpha value is -1.97. The van der Waals surface area contributed by atoms with Crippen molar-refractivity contribution in [3.05, 3.63) is 35.8 Å². The van der Waals surface area contributed by atoms with Crippen molar-refractivity contribution < 1.29 is 13.9 Å². The van der Waals surface area contributed by atoms with Crippen molar-refractivity contribution in [1.82, 2.24) is 4.98 Å². The van der Waals surface area contributed by atoms with Crippen LogP contribution in [0.5, 0.6) is 5.75 Å². The van der Waals surface area contributed by atoms with Gasteiger partial charge in [-0.25, -0.2) is 4.39 Å². The number of benzene rings is 1. The summed E-state index contributed by atoms with van der Waals surface area (Å²) in [5, 5.41) is 0.628. The molecule has 3 nitrogen and oxygen atoms in total. The van der Waals surface area contributed by atoms with Crippen molar-refractivity contribution in [2.45, 2.75) is 0 Å². The van der Waals surface area contributed by atoms with Gasteiger partial charge in [-0.3, -0.25) is 9.78 Å². The number of ether oxygens (including phenoxy) is 1. The van der Waals surface area contributed by atoms with Crippen LogP contribution in [0.3, 0.4) is 0 Å². The molecule has 0 aliphatic carbocycles. The van der Waals surface area contributed by atoms with Crippen LogP contribution in [0, 0.1) is 5.82 Å². The van der Waals surface area contributed by atoms with Crippen LogP contribution < -0.4 is 4.74 Å². The number of carbonyl (C=O) groups excluding carboxylic acids is 1. The molecule has 0 fully saturated rings. The van der Waals surface area contributed by atoms with Gasteiger partial charge >= 0.3 is 0 Å². The molecule has 0 saturated heterocycles. The number of hydrogen-bond acceptors (Lipinski definition) is 3. The normalized spacial score (nSPS) is 10.3. The summed E-state index contributed by atoms with van der Waals surface area (Å²) in [5.74, 6) is 0.0610. The lowest BCUT2D eigenvalue weighted by atomic mass is 10.1. The fourth-order valence-electron chi connectivity index (χ4n) is 1.47. The van der Waals surface area contributed by atoms with Crippen LogP contribution in [0.1, 0.15) is 10.4 Å². The molecule has 0 amide bonds. The number of fused-ring (bicyclic) bond motifs is 1. The molecule has 0 aliphatic rings. The van der Waals surface area contributed by atoms with E-state index in [0.29, 0.717) is 28.5 Å². The zero-order chi connectivity index (χ0) is 10.8. The maximum atomic E-state index is 12.9. The smallest absolute Gasteiger partial charge is 0.155 e. The van der Waals surface area contributed by atoms with Crippen LogP contribution >= 0.6 is 0 Å². The summed E-state index contributed by atoms with van der Waals surface area (Å²) in [6, 6.07) is 4.15. The van der Waals surface area contributed by atoms with Gasteiger partial charge in [-0.15, -0.1) is 0 Å². The summed E-state index contributed by atoms with van der Waals surface area (Å²) in [4.78, 5) is 14.7. The van der Waals surface area contributed by atoms with E-state index in [-0.39, 0.29) is 5.82 Å². The van der Waals surface area contributed by atoms with E-state index in [1.54, 1.807) is 6.07 Å². The van der Waals surface area contributed by atoms with Crippen molar-refractivity contribution in [1.29, 1.82) is 0 Å². The van der Waals surface area contributed by atoms with E-state index in [1.807, 2.05) is 0 Å². The van der Waals surface area contributed by atoms with E-state index in [1.165, 1.54) is 25.4 Å². The van der Waals surface area contributed by atoms with Crippen LogP contribution in [-0.2, 0) is 0 Å². The van der Waals surface area contributed by atoms with Gasteiger partial charge in [-0.1, -0.05) is 0 Å². The fourth-order valence-corrected chi connectivity index (χ4v) is 1.47. The van der Waals surface area contributed by atoms with Gasteiger partial charge in [0.25, 0.3) is 0 Å². The van der Waals surface area contributed by atoms with Gasteiger partial charge in [-0.2, -0.15) is 0 Å². The number of carbonyl (C=O) groups is 1. The maximum absolute atomic E-state index is 12.9. The molecule has 15 heavy (non-hydrogen) atoms. The summed E-state index contributed by atoms with van der Waals surface area (Å²) in [5.41, 5.74) is 0.828. The van der Waals surface area contributed by atoms with Crippen molar-refractivity contribution >= 4 is 17.2 Å². The molecule has 1 aromatic heterocycles. The summed E-state index contributed by atoms with van der Waals surface area (Å²) in [7, 11) is 1.46. The SMILES string of the molecule is COc1c(C=O)cnc2cc(F)ccc12. The van der Waals surface area contributed by atoms with E-state index in [9.17, 15) is 9.18 Å². The second kappa shape index (κ2) is 3.65. The molecule has 0 spiro atoms. The quantitative estimate of drug-likeness (QED) is 0.705. The molecular weight excluding hydrogens is 197 g/mol. The molecule has 0 atom stereocenters. The molecule has 0 saturated carbocycles. The number of aromatic nitrogens is 1. The monoisotopic (exact) mass is 205 g/mol. The van der Waals surface area contributed by atoms with E-state index in [0.717, 1.165) is 0 Å². The number of aldehydes is 1. The lowest BCUT2D eigenvalue weighted by Gasteiger charge is -2.06. The van der Waals surface area contributed by atoms with Gasteiger partial charge in [0.2, 0.25) is 0 Å². The zero-order valence-corrected chi connectivity index (χ0v) is 8.03. The van der Waals surface area contributed by atoms with Gasteiger partial charge in [-0.05, 0) is 12.1 Å². The predicted octanol–water partition coefficient (Wildman–Crippen LogP) is 2.20. The Kier molecular flexibility index (Phi) is 2.33. The van der Waals surface area contributed by atoms with Gasteiger partial charge in [0.15, 0.2) is 6.29 Å². The summed E-state index contributed by atoms with van der Waals surface area (Å²) < 4.78 is 18.0. The second-order valence-electron chi connectivity index (χ2n) is 3.03. The minimum atomic E-state index is -0.365. The number of pyridine rings is 1. The summed E-state index contributed by atoms with van der Waals surface area (Å²) >= 11 is 0. The highest BCUT2D eigenvalue weighted by atomic mass is 19.1. The highest BCUT2D eigenvalue weighted by molar-refractivity contribution is 5.93. The predicted molar refractivity (Wildman–Crippen MR) is 53.6 cm³/mol. The third kappa shape index (κ3) is 1.54. The topological polar surface area (TPSA) is 39.2 Å². The Morgan fingerprint density at radius 3 is 2.93 bits per heavy atom. The maximum Gasteiger partial charge on any atom is 0.155 e. The summed E-state index contributed by atoms with van der Waals surface area (Å²) in [6.45, 7) is 0. The van der Waals surface area contributed by atoms with Crippen LogP contribution in [-0.4, -0.2) is 18.4 Å². The van der Waals surface area contributed by atoms with Crippen molar-refractivity contribution in [2.24, 2.45) is 0 Å². The first-order valence-electron chi connectivity index (χ1n) is 4.33. The van der Waals surface area contributed by atoms with Gasteiger partial charge in [0.05, 0.1) is 18.2 Å². The molecule has 0 unspecified atom stereocenters. The molecule has 4 heteroatoms. The average molecular weight is 205 g/mol. The molecular formula is C11H8FNO2. The highest BCUT2D eigenvalue weighted by Gasteiger charge is 2.08.